The van der Waals surface area contributed by atoms with Gasteiger partial charge in [-0.3, -0.25) is 0 Å². The number of rotatable bonds is 7. The van der Waals surface area contributed by atoms with Gasteiger partial charge in [-0.1, -0.05) is 12.1 Å². The lowest BCUT2D eigenvalue weighted by atomic mass is 9.97. The van der Waals surface area contributed by atoms with Gasteiger partial charge in [-0.2, -0.15) is 10.5 Å². The van der Waals surface area contributed by atoms with Crippen LogP contribution in [0.4, 0.5) is 5.69 Å². The van der Waals surface area contributed by atoms with Crippen LogP contribution in [0.3, 0.4) is 0 Å². The van der Waals surface area contributed by atoms with Gasteiger partial charge in [-0.15, -0.1) is 11.8 Å². The zero-order valence-electron chi connectivity index (χ0n) is 14.1. The summed E-state index contributed by atoms with van der Waals surface area (Å²) in [5.41, 5.74) is 3.10. The van der Waals surface area contributed by atoms with Crippen molar-refractivity contribution < 1.29 is 9.84 Å². The van der Waals surface area contributed by atoms with Crippen LogP contribution >= 0.6 is 11.8 Å². The molecule has 1 aromatic heterocycles. The standard InChI is InChI=1S/C19H18N4O2S/c20-7-15-9-23-19(26-12-13-10-25-11-13)17(8-21)18(15)14-1-3-16(4-2-14)22-5-6-24/h1-4,9,13,22,24H,5-6,10-12H2. The second kappa shape index (κ2) is 8.68. The third-order valence-electron chi connectivity index (χ3n) is 4.05. The van der Waals surface area contributed by atoms with Gasteiger partial charge >= 0.3 is 0 Å². The highest BCUT2D eigenvalue weighted by molar-refractivity contribution is 7.99. The first-order chi connectivity index (χ1) is 12.8. The molecule has 2 aromatic rings. The van der Waals surface area contributed by atoms with Crippen LogP contribution in [0, 0.1) is 28.6 Å². The zero-order valence-corrected chi connectivity index (χ0v) is 14.9. The number of anilines is 1. The van der Waals surface area contributed by atoms with Crippen molar-refractivity contribution in [1.82, 2.24) is 4.98 Å². The molecule has 0 spiro atoms. The molecule has 0 saturated carbocycles. The molecular formula is C19H18N4O2S. The van der Waals surface area contributed by atoms with E-state index < -0.39 is 0 Å². The average Bonchev–Trinajstić information content (AvgIpc) is 2.65. The molecule has 0 bridgehead atoms. The largest absolute Gasteiger partial charge is 0.395 e. The lowest BCUT2D eigenvalue weighted by Crippen LogP contribution is -2.29. The highest BCUT2D eigenvalue weighted by Crippen LogP contribution is 2.34. The molecule has 1 fully saturated rings. The number of nitrogens with one attached hydrogen (secondary N) is 1. The molecule has 0 radical (unpaired) electrons. The Morgan fingerprint density at radius 1 is 1.23 bits per heavy atom. The minimum Gasteiger partial charge on any atom is -0.395 e. The van der Waals surface area contributed by atoms with Crippen LogP contribution in [0.2, 0.25) is 0 Å². The van der Waals surface area contributed by atoms with Crippen molar-refractivity contribution in [3.05, 3.63) is 41.6 Å². The number of pyridine rings is 1. The van der Waals surface area contributed by atoms with Crippen LogP contribution in [0.25, 0.3) is 11.1 Å². The van der Waals surface area contributed by atoms with Gasteiger partial charge in [0.2, 0.25) is 0 Å². The highest BCUT2D eigenvalue weighted by Gasteiger charge is 2.22. The number of nitrogens with zero attached hydrogens (tertiary/aromatic N) is 3. The summed E-state index contributed by atoms with van der Waals surface area (Å²) in [5.74, 6) is 1.33. The normalized spacial score (nSPS) is 13.5. The van der Waals surface area contributed by atoms with Gasteiger partial charge < -0.3 is 15.2 Å². The summed E-state index contributed by atoms with van der Waals surface area (Å²) in [4.78, 5) is 4.33. The van der Waals surface area contributed by atoms with Gasteiger partial charge in [-0.05, 0) is 17.7 Å². The Balaban J connectivity index is 1.93. The maximum atomic E-state index is 9.71. The second-order valence-corrected chi connectivity index (χ2v) is 6.90. The summed E-state index contributed by atoms with van der Waals surface area (Å²) >= 11 is 1.53. The molecule has 2 N–H and O–H groups in total. The van der Waals surface area contributed by atoms with E-state index in [4.69, 9.17) is 9.84 Å². The smallest absolute Gasteiger partial charge is 0.114 e. The first-order valence-corrected chi connectivity index (χ1v) is 9.24. The molecule has 0 atom stereocenters. The van der Waals surface area contributed by atoms with E-state index in [9.17, 15) is 10.5 Å². The fourth-order valence-electron chi connectivity index (χ4n) is 2.62. The van der Waals surface area contributed by atoms with Gasteiger partial charge in [-0.25, -0.2) is 4.98 Å². The van der Waals surface area contributed by atoms with E-state index in [0.717, 1.165) is 30.2 Å². The Labute approximate surface area is 156 Å². The maximum Gasteiger partial charge on any atom is 0.114 e. The molecule has 2 heterocycles. The van der Waals surface area contributed by atoms with Crippen LogP contribution in [-0.2, 0) is 4.74 Å². The fraction of sp³-hybridized carbons (Fsp3) is 0.316. The van der Waals surface area contributed by atoms with Crippen molar-refractivity contribution in [3.8, 4) is 23.3 Å². The molecule has 3 rings (SSSR count). The summed E-state index contributed by atoms with van der Waals surface area (Å²) in [5, 5.41) is 31.8. The van der Waals surface area contributed by atoms with E-state index in [1.807, 2.05) is 24.3 Å². The van der Waals surface area contributed by atoms with Crippen LogP contribution in [0.15, 0.2) is 35.5 Å². The van der Waals surface area contributed by atoms with E-state index in [1.54, 1.807) is 0 Å². The molecule has 1 saturated heterocycles. The summed E-state index contributed by atoms with van der Waals surface area (Å²) < 4.78 is 5.19. The van der Waals surface area contributed by atoms with Crippen molar-refractivity contribution in [2.75, 3.05) is 37.4 Å². The molecule has 26 heavy (non-hydrogen) atoms. The minimum atomic E-state index is 0.0515. The molecule has 1 aromatic carbocycles. The first-order valence-electron chi connectivity index (χ1n) is 8.25. The van der Waals surface area contributed by atoms with Crippen LogP contribution in [-0.4, -0.2) is 42.2 Å². The molecule has 132 valence electrons. The number of nitriles is 2. The van der Waals surface area contributed by atoms with Crippen LogP contribution in [0.1, 0.15) is 11.1 Å². The van der Waals surface area contributed by atoms with E-state index >= 15 is 0 Å². The van der Waals surface area contributed by atoms with E-state index in [0.29, 0.717) is 34.2 Å². The fourth-order valence-corrected chi connectivity index (χ4v) is 3.63. The van der Waals surface area contributed by atoms with Crippen LogP contribution in [0.5, 0.6) is 0 Å². The van der Waals surface area contributed by atoms with Crippen molar-refractivity contribution in [2.24, 2.45) is 5.92 Å². The number of hydrogen-bond acceptors (Lipinski definition) is 7. The van der Waals surface area contributed by atoms with Crippen molar-refractivity contribution >= 4 is 17.4 Å². The number of benzene rings is 1. The Bertz CT molecular complexity index is 852. The van der Waals surface area contributed by atoms with Gasteiger partial charge in [0.15, 0.2) is 0 Å². The Morgan fingerprint density at radius 3 is 2.58 bits per heavy atom. The second-order valence-electron chi connectivity index (χ2n) is 5.89. The first kappa shape index (κ1) is 18.2. The third kappa shape index (κ3) is 3.97. The molecule has 1 aliphatic rings. The van der Waals surface area contributed by atoms with Crippen molar-refractivity contribution in [2.45, 2.75) is 5.03 Å². The molecule has 6 nitrogen and oxygen atoms in total. The van der Waals surface area contributed by atoms with Crippen LogP contribution < -0.4 is 5.32 Å². The monoisotopic (exact) mass is 366 g/mol. The summed E-state index contributed by atoms with van der Waals surface area (Å²) in [6, 6.07) is 11.8. The topological polar surface area (TPSA) is 102 Å². The lowest BCUT2D eigenvalue weighted by Gasteiger charge is -2.25. The minimum absolute atomic E-state index is 0.0515. The zero-order chi connectivity index (χ0) is 18.4. The average molecular weight is 366 g/mol. The van der Waals surface area contributed by atoms with E-state index in [1.165, 1.54) is 18.0 Å². The molecule has 0 aliphatic carbocycles. The predicted octanol–water partition coefficient (Wildman–Crippen LogP) is 2.63. The number of ether oxygens (including phenoxy) is 1. The number of thioether (sulfide) groups is 1. The van der Waals surface area contributed by atoms with E-state index in [2.05, 4.69) is 22.4 Å². The predicted molar refractivity (Wildman–Crippen MR) is 99.7 cm³/mol. The van der Waals surface area contributed by atoms with E-state index in [-0.39, 0.29) is 6.61 Å². The highest BCUT2D eigenvalue weighted by atomic mass is 32.2. The van der Waals surface area contributed by atoms with Gasteiger partial charge in [0.25, 0.3) is 0 Å². The number of hydrogen-bond donors (Lipinski definition) is 2. The number of aliphatic hydroxyl groups is 1. The molecule has 0 unspecified atom stereocenters. The SMILES string of the molecule is N#Cc1cnc(SCC2COC2)c(C#N)c1-c1ccc(NCCO)cc1. The summed E-state index contributed by atoms with van der Waals surface area (Å²) in [7, 11) is 0. The van der Waals surface area contributed by atoms with Gasteiger partial charge in [0.1, 0.15) is 17.2 Å². The molecule has 7 heteroatoms. The quantitative estimate of drug-likeness (QED) is 0.726. The molecule has 1 aliphatic heterocycles. The summed E-state index contributed by atoms with van der Waals surface area (Å²) in [6.45, 7) is 2.02. The Hall–Kier alpha value is -2.58. The number of aliphatic hydroxyl groups excluding tert-OH is 1. The molecule has 0 amide bonds. The summed E-state index contributed by atoms with van der Waals surface area (Å²) in [6.07, 6.45) is 1.54. The van der Waals surface area contributed by atoms with Gasteiger partial charge in [0.05, 0.1) is 30.9 Å². The maximum absolute atomic E-state index is 9.71. The third-order valence-corrected chi connectivity index (χ3v) is 5.27. The van der Waals surface area contributed by atoms with Gasteiger partial charge in [0, 0.05) is 35.7 Å². The Morgan fingerprint density at radius 2 is 2.00 bits per heavy atom. The molecular weight excluding hydrogens is 348 g/mol. The van der Waals surface area contributed by atoms with Crippen molar-refractivity contribution in [1.29, 1.82) is 10.5 Å². The number of aromatic nitrogens is 1. The van der Waals surface area contributed by atoms with Crippen molar-refractivity contribution in [3.63, 3.8) is 0 Å². The lowest BCUT2D eigenvalue weighted by molar-refractivity contribution is -0.0196. The Kier molecular flexibility index (Phi) is 6.08.